The van der Waals surface area contributed by atoms with Crippen LogP contribution in [0.5, 0.6) is 0 Å². The van der Waals surface area contributed by atoms with Crippen LogP contribution in [0.15, 0.2) is 64.7 Å². The third-order valence-electron chi connectivity index (χ3n) is 4.30. The quantitative estimate of drug-likeness (QED) is 0.341. The molecule has 0 bridgehead atoms. The first kappa shape index (κ1) is 18.8. The predicted octanol–water partition coefficient (Wildman–Crippen LogP) is 3.74. The number of nitrogens with one attached hydrogen (secondary N) is 1. The Bertz CT molecular complexity index is 1090. The zero-order chi connectivity index (χ0) is 19.5. The van der Waals surface area contributed by atoms with E-state index in [1.54, 1.807) is 23.5 Å². The Balaban J connectivity index is 1.59. The van der Waals surface area contributed by atoms with Crippen molar-refractivity contribution >= 4 is 43.3 Å². The van der Waals surface area contributed by atoms with Gasteiger partial charge in [0.25, 0.3) is 0 Å². The average Bonchev–Trinajstić information content (AvgIpc) is 3.08. The van der Waals surface area contributed by atoms with Gasteiger partial charge >= 0.3 is 0 Å². The van der Waals surface area contributed by atoms with Gasteiger partial charge in [-0.25, -0.2) is 9.97 Å². The molecule has 4 aromatic rings. The topological polar surface area (TPSA) is 90.8 Å². The normalized spacial score (nSPS) is 12.2. The van der Waals surface area contributed by atoms with Gasteiger partial charge in [0.2, 0.25) is 0 Å². The SMILES string of the molecule is N[C@H](CNc1nc(-c2cc[n+]([O-])cc2)nc2c(Br)csc12)Cc1ccccc1. The maximum absolute atomic E-state index is 11.3. The van der Waals surface area contributed by atoms with Gasteiger partial charge in [0, 0.05) is 35.7 Å². The van der Waals surface area contributed by atoms with Crippen LogP contribution < -0.4 is 15.8 Å². The van der Waals surface area contributed by atoms with Gasteiger partial charge in [0.05, 0.1) is 9.17 Å². The van der Waals surface area contributed by atoms with Crippen molar-refractivity contribution in [1.82, 2.24) is 9.97 Å². The standard InChI is InChI=1S/C20H18BrN5OS/c21-16-12-28-18-17(16)24-19(14-6-8-26(27)9-7-14)25-20(18)23-11-15(22)10-13-4-2-1-3-5-13/h1-9,12,15H,10-11,22H2,(H,23,24,25)/t15-/m0/s1. The molecule has 0 fully saturated rings. The van der Waals surface area contributed by atoms with Crippen molar-refractivity contribution in [2.24, 2.45) is 5.73 Å². The van der Waals surface area contributed by atoms with E-state index in [4.69, 9.17) is 10.7 Å². The molecule has 6 nitrogen and oxygen atoms in total. The largest absolute Gasteiger partial charge is 0.619 e. The molecule has 0 unspecified atom stereocenters. The Morgan fingerprint density at radius 2 is 1.89 bits per heavy atom. The van der Waals surface area contributed by atoms with Gasteiger partial charge in [-0.15, -0.1) is 11.3 Å². The number of rotatable bonds is 6. The fourth-order valence-electron chi connectivity index (χ4n) is 2.92. The molecule has 3 N–H and O–H groups in total. The molecule has 0 aliphatic heterocycles. The van der Waals surface area contributed by atoms with Crippen LogP contribution in [-0.4, -0.2) is 22.6 Å². The summed E-state index contributed by atoms with van der Waals surface area (Å²) in [5.74, 6) is 1.31. The Labute approximate surface area is 174 Å². The van der Waals surface area contributed by atoms with E-state index in [0.717, 1.165) is 37.2 Å². The van der Waals surface area contributed by atoms with Crippen molar-refractivity contribution in [3.05, 3.63) is 75.5 Å². The van der Waals surface area contributed by atoms with Gasteiger partial charge in [-0.2, -0.15) is 4.73 Å². The highest BCUT2D eigenvalue weighted by Crippen LogP contribution is 2.34. The highest BCUT2D eigenvalue weighted by molar-refractivity contribution is 9.10. The smallest absolute Gasteiger partial charge is 0.181 e. The molecule has 0 radical (unpaired) electrons. The summed E-state index contributed by atoms with van der Waals surface area (Å²) in [6.45, 7) is 0.589. The molecule has 0 spiro atoms. The first-order chi connectivity index (χ1) is 13.6. The Hall–Kier alpha value is -2.55. The summed E-state index contributed by atoms with van der Waals surface area (Å²) < 4.78 is 2.63. The number of hydrogen-bond acceptors (Lipinski definition) is 6. The van der Waals surface area contributed by atoms with Crippen molar-refractivity contribution in [2.75, 3.05) is 11.9 Å². The number of anilines is 1. The first-order valence-corrected chi connectivity index (χ1v) is 10.4. The van der Waals surface area contributed by atoms with E-state index in [9.17, 15) is 5.21 Å². The summed E-state index contributed by atoms with van der Waals surface area (Å²) in [5, 5.41) is 16.7. The Morgan fingerprint density at radius 3 is 2.64 bits per heavy atom. The lowest BCUT2D eigenvalue weighted by atomic mass is 10.1. The zero-order valence-electron chi connectivity index (χ0n) is 14.9. The van der Waals surface area contributed by atoms with Crippen LogP contribution in [0.2, 0.25) is 0 Å². The fraction of sp³-hybridized carbons (Fsp3) is 0.150. The highest BCUT2D eigenvalue weighted by atomic mass is 79.9. The van der Waals surface area contributed by atoms with Crippen molar-refractivity contribution in [3.8, 4) is 11.4 Å². The lowest BCUT2D eigenvalue weighted by molar-refractivity contribution is -0.605. The molecule has 28 heavy (non-hydrogen) atoms. The summed E-state index contributed by atoms with van der Waals surface area (Å²) >= 11 is 5.13. The number of hydrogen-bond donors (Lipinski definition) is 2. The summed E-state index contributed by atoms with van der Waals surface area (Å²) in [6, 6.07) is 13.6. The highest BCUT2D eigenvalue weighted by Gasteiger charge is 2.15. The average molecular weight is 456 g/mol. The number of nitrogens with zero attached hydrogens (tertiary/aromatic N) is 3. The Morgan fingerprint density at radius 1 is 1.14 bits per heavy atom. The molecule has 142 valence electrons. The molecule has 8 heteroatoms. The van der Waals surface area contributed by atoms with E-state index in [2.05, 4.69) is 38.4 Å². The minimum Gasteiger partial charge on any atom is -0.619 e. The molecule has 0 aliphatic carbocycles. The number of aromatic nitrogens is 3. The van der Waals surface area contributed by atoms with Crippen LogP contribution in [0.25, 0.3) is 21.6 Å². The molecule has 0 amide bonds. The van der Waals surface area contributed by atoms with E-state index in [-0.39, 0.29) is 6.04 Å². The van der Waals surface area contributed by atoms with Crippen molar-refractivity contribution in [1.29, 1.82) is 0 Å². The van der Waals surface area contributed by atoms with E-state index >= 15 is 0 Å². The molecule has 0 aliphatic rings. The third-order valence-corrected chi connectivity index (χ3v) is 6.19. The van der Waals surface area contributed by atoms with Gasteiger partial charge in [-0.05, 0) is 27.9 Å². The minimum absolute atomic E-state index is 0.0459. The van der Waals surface area contributed by atoms with Crippen LogP contribution in [0.4, 0.5) is 5.82 Å². The van der Waals surface area contributed by atoms with E-state index < -0.39 is 0 Å². The second kappa shape index (κ2) is 8.22. The number of benzene rings is 1. The van der Waals surface area contributed by atoms with Crippen LogP contribution in [0.1, 0.15) is 5.56 Å². The van der Waals surface area contributed by atoms with E-state index in [1.165, 1.54) is 18.0 Å². The van der Waals surface area contributed by atoms with Gasteiger partial charge in [0.1, 0.15) is 11.3 Å². The lowest BCUT2D eigenvalue weighted by Gasteiger charge is -2.14. The van der Waals surface area contributed by atoms with Crippen LogP contribution in [-0.2, 0) is 6.42 Å². The predicted molar refractivity (Wildman–Crippen MR) is 116 cm³/mol. The second-order valence-corrected chi connectivity index (χ2v) is 8.17. The monoisotopic (exact) mass is 455 g/mol. The molecular formula is C20H18BrN5OS. The third kappa shape index (κ3) is 4.14. The first-order valence-electron chi connectivity index (χ1n) is 8.77. The lowest BCUT2D eigenvalue weighted by Crippen LogP contribution is -2.31. The number of fused-ring (bicyclic) bond motifs is 1. The maximum atomic E-state index is 11.3. The summed E-state index contributed by atoms with van der Waals surface area (Å²) in [6.07, 6.45) is 3.66. The summed E-state index contributed by atoms with van der Waals surface area (Å²) in [5.41, 5.74) is 9.15. The van der Waals surface area contributed by atoms with Crippen molar-refractivity contribution < 1.29 is 4.73 Å². The molecule has 4 rings (SSSR count). The van der Waals surface area contributed by atoms with E-state index in [0.29, 0.717) is 12.4 Å². The Kier molecular flexibility index (Phi) is 5.52. The van der Waals surface area contributed by atoms with Gasteiger partial charge in [0.15, 0.2) is 18.2 Å². The van der Waals surface area contributed by atoms with Crippen LogP contribution >= 0.6 is 27.3 Å². The van der Waals surface area contributed by atoms with Gasteiger partial charge in [-0.1, -0.05) is 30.3 Å². The molecule has 3 heterocycles. The van der Waals surface area contributed by atoms with Crippen LogP contribution in [0.3, 0.4) is 0 Å². The molecule has 0 saturated heterocycles. The maximum Gasteiger partial charge on any atom is 0.181 e. The molecule has 1 atom stereocenters. The second-order valence-electron chi connectivity index (χ2n) is 6.43. The number of thiophene rings is 1. The molecule has 3 aromatic heterocycles. The summed E-state index contributed by atoms with van der Waals surface area (Å²) in [7, 11) is 0. The zero-order valence-corrected chi connectivity index (χ0v) is 17.3. The molecule has 1 aromatic carbocycles. The minimum atomic E-state index is -0.0459. The molecular weight excluding hydrogens is 438 g/mol. The number of nitrogens with two attached hydrogens (primary N) is 1. The van der Waals surface area contributed by atoms with Crippen LogP contribution in [0, 0.1) is 5.21 Å². The van der Waals surface area contributed by atoms with Gasteiger partial charge < -0.3 is 16.3 Å². The molecule has 0 saturated carbocycles. The van der Waals surface area contributed by atoms with Gasteiger partial charge in [-0.3, -0.25) is 0 Å². The van der Waals surface area contributed by atoms with Crippen molar-refractivity contribution in [2.45, 2.75) is 12.5 Å². The summed E-state index contributed by atoms with van der Waals surface area (Å²) in [4.78, 5) is 9.35. The number of pyridine rings is 1. The van der Waals surface area contributed by atoms with E-state index in [1.807, 2.05) is 23.6 Å². The number of halogens is 1. The van der Waals surface area contributed by atoms with Crippen molar-refractivity contribution in [3.63, 3.8) is 0 Å². The fourth-order valence-corrected chi connectivity index (χ4v) is 4.45.